The van der Waals surface area contributed by atoms with E-state index in [1.54, 1.807) is 11.5 Å². The number of hydrogen-bond donors (Lipinski definition) is 1. The summed E-state index contributed by atoms with van der Waals surface area (Å²) in [5.41, 5.74) is 3.63. The molecule has 1 atom stereocenters. The van der Waals surface area contributed by atoms with Crippen molar-refractivity contribution < 1.29 is 4.79 Å². The molecule has 6 heteroatoms. The third-order valence-electron chi connectivity index (χ3n) is 6.16. The van der Waals surface area contributed by atoms with Crippen LogP contribution >= 0.6 is 11.5 Å². The summed E-state index contributed by atoms with van der Waals surface area (Å²) in [5, 5.41) is 4.27. The molecule has 1 aromatic heterocycles. The minimum absolute atomic E-state index is 0.128. The first kappa shape index (κ1) is 18.6. The fraction of sp³-hybridized carbons (Fsp3) is 0.391. The Bertz CT molecular complexity index is 1040. The molecular weight excluding hydrogens is 380 g/mol. The number of hydrogen-bond acceptors (Lipinski definition) is 5. The number of fused-ring (bicyclic) bond motifs is 2. The fourth-order valence-corrected chi connectivity index (χ4v) is 5.25. The number of carbonyl (C=O) groups excluding carboxylic acids is 1. The summed E-state index contributed by atoms with van der Waals surface area (Å²) in [5.74, 6) is 1.58. The van der Waals surface area contributed by atoms with Gasteiger partial charge < -0.3 is 10.2 Å². The Balaban J connectivity index is 1.19. The lowest BCUT2D eigenvalue weighted by molar-refractivity contribution is -0.116. The van der Waals surface area contributed by atoms with Crippen molar-refractivity contribution in [3.63, 3.8) is 0 Å². The van der Waals surface area contributed by atoms with Crippen molar-refractivity contribution in [2.75, 3.05) is 42.9 Å². The number of rotatable bonds is 4. The van der Waals surface area contributed by atoms with Gasteiger partial charge in [-0.3, -0.25) is 9.69 Å². The Morgan fingerprint density at radius 3 is 2.83 bits per heavy atom. The van der Waals surface area contributed by atoms with Crippen LogP contribution in [-0.4, -0.2) is 47.9 Å². The molecule has 0 unspecified atom stereocenters. The van der Waals surface area contributed by atoms with E-state index in [9.17, 15) is 4.79 Å². The predicted molar refractivity (Wildman–Crippen MR) is 120 cm³/mol. The molecule has 1 N–H and O–H groups in total. The summed E-state index contributed by atoms with van der Waals surface area (Å²) in [7, 11) is 0. The van der Waals surface area contributed by atoms with Crippen LogP contribution < -0.4 is 10.2 Å². The average molecular weight is 407 g/mol. The summed E-state index contributed by atoms with van der Waals surface area (Å²) in [6.07, 6.45) is 1.64. The van der Waals surface area contributed by atoms with Gasteiger partial charge in [0, 0.05) is 50.2 Å². The van der Waals surface area contributed by atoms with E-state index >= 15 is 0 Å². The van der Waals surface area contributed by atoms with Crippen molar-refractivity contribution in [1.82, 2.24) is 9.27 Å². The Labute approximate surface area is 175 Å². The highest BCUT2D eigenvalue weighted by molar-refractivity contribution is 7.13. The van der Waals surface area contributed by atoms with Gasteiger partial charge in [0.1, 0.15) is 5.82 Å². The molecule has 0 saturated carbocycles. The van der Waals surface area contributed by atoms with E-state index in [2.05, 4.69) is 64.5 Å². The number of aromatic nitrogens is 1. The minimum atomic E-state index is 0.128. The maximum absolute atomic E-state index is 11.7. The van der Waals surface area contributed by atoms with Crippen molar-refractivity contribution in [2.24, 2.45) is 0 Å². The average Bonchev–Trinajstić information content (AvgIpc) is 3.17. The maximum Gasteiger partial charge on any atom is 0.224 e. The van der Waals surface area contributed by atoms with Gasteiger partial charge in [0.25, 0.3) is 0 Å². The van der Waals surface area contributed by atoms with Crippen LogP contribution in [-0.2, 0) is 11.2 Å². The molecule has 0 spiro atoms. The van der Waals surface area contributed by atoms with Crippen molar-refractivity contribution in [2.45, 2.75) is 25.7 Å². The summed E-state index contributed by atoms with van der Waals surface area (Å²) in [6.45, 7) is 7.42. The Morgan fingerprint density at radius 1 is 1.14 bits per heavy atom. The molecule has 2 aliphatic heterocycles. The van der Waals surface area contributed by atoms with Crippen LogP contribution in [0.5, 0.6) is 0 Å². The number of piperazine rings is 1. The van der Waals surface area contributed by atoms with Crippen LogP contribution in [0.4, 0.5) is 11.5 Å². The third-order valence-corrected chi connectivity index (χ3v) is 6.98. The SMILES string of the molecule is C[C@H]1CC(=O)Nc2ccc(CCN3CCN(c4nsc5ccccc45)CC3)cc21. The number of nitrogens with zero attached hydrogens (tertiary/aromatic N) is 3. The van der Waals surface area contributed by atoms with Crippen LogP contribution in [0.1, 0.15) is 30.4 Å². The molecule has 1 saturated heterocycles. The first-order chi connectivity index (χ1) is 14.2. The van der Waals surface area contributed by atoms with E-state index in [4.69, 9.17) is 4.37 Å². The first-order valence-corrected chi connectivity index (χ1v) is 11.2. The lowest BCUT2D eigenvalue weighted by atomic mass is 9.90. The summed E-state index contributed by atoms with van der Waals surface area (Å²) in [6, 6.07) is 15.0. The molecule has 5 nitrogen and oxygen atoms in total. The number of nitrogens with one attached hydrogen (secondary N) is 1. The summed E-state index contributed by atoms with van der Waals surface area (Å²) < 4.78 is 5.98. The molecule has 5 rings (SSSR count). The molecule has 2 aromatic carbocycles. The standard InChI is InChI=1S/C23H26N4OS/c1-16-14-22(28)24-20-7-6-17(15-19(16)20)8-9-26-10-12-27(13-11-26)23-18-4-2-3-5-21(18)29-25-23/h2-7,15-16H,8-14H2,1H3,(H,24,28)/t16-/m0/s1. The maximum atomic E-state index is 11.7. The quantitative estimate of drug-likeness (QED) is 0.708. The lowest BCUT2D eigenvalue weighted by Gasteiger charge is -2.35. The Morgan fingerprint density at radius 2 is 1.97 bits per heavy atom. The van der Waals surface area contributed by atoms with Crippen molar-refractivity contribution >= 4 is 39.0 Å². The van der Waals surface area contributed by atoms with Gasteiger partial charge >= 0.3 is 0 Å². The predicted octanol–water partition coefficient (Wildman–Crippen LogP) is 4.11. The Kier molecular flexibility index (Phi) is 4.97. The second-order valence-corrected chi connectivity index (χ2v) is 8.96. The van der Waals surface area contributed by atoms with Crippen LogP contribution in [0.2, 0.25) is 0 Å². The minimum Gasteiger partial charge on any atom is -0.353 e. The topological polar surface area (TPSA) is 48.5 Å². The summed E-state index contributed by atoms with van der Waals surface area (Å²) in [4.78, 5) is 16.7. The van der Waals surface area contributed by atoms with E-state index in [-0.39, 0.29) is 5.91 Å². The number of amides is 1. The number of benzene rings is 2. The zero-order valence-electron chi connectivity index (χ0n) is 16.7. The van der Waals surface area contributed by atoms with Crippen LogP contribution in [0.15, 0.2) is 42.5 Å². The molecule has 3 aromatic rings. The second-order valence-electron chi connectivity index (χ2n) is 8.16. The van der Waals surface area contributed by atoms with Crippen LogP contribution in [0, 0.1) is 0 Å². The van der Waals surface area contributed by atoms with Crippen molar-refractivity contribution in [3.8, 4) is 0 Å². The highest BCUT2D eigenvalue weighted by Gasteiger charge is 2.23. The normalized spacial score (nSPS) is 20.0. The third kappa shape index (κ3) is 3.74. The lowest BCUT2D eigenvalue weighted by Crippen LogP contribution is -2.47. The molecule has 2 aliphatic rings. The van der Waals surface area contributed by atoms with E-state index < -0.39 is 0 Å². The zero-order valence-corrected chi connectivity index (χ0v) is 17.5. The van der Waals surface area contributed by atoms with Gasteiger partial charge in [-0.1, -0.05) is 31.2 Å². The molecule has 150 valence electrons. The van der Waals surface area contributed by atoms with E-state index in [0.29, 0.717) is 12.3 Å². The largest absolute Gasteiger partial charge is 0.353 e. The number of carbonyl (C=O) groups is 1. The molecular formula is C23H26N4OS. The van der Waals surface area contributed by atoms with Crippen LogP contribution in [0.25, 0.3) is 10.1 Å². The smallest absolute Gasteiger partial charge is 0.224 e. The fourth-order valence-electron chi connectivity index (χ4n) is 4.45. The van der Waals surface area contributed by atoms with Crippen molar-refractivity contribution in [3.05, 3.63) is 53.6 Å². The van der Waals surface area contributed by atoms with Gasteiger partial charge in [-0.15, -0.1) is 0 Å². The summed E-state index contributed by atoms with van der Waals surface area (Å²) >= 11 is 1.60. The molecule has 1 fully saturated rings. The zero-order chi connectivity index (χ0) is 19.8. The molecule has 0 radical (unpaired) electrons. The molecule has 0 bridgehead atoms. The highest BCUT2D eigenvalue weighted by Crippen LogP contribution is 2.33. The molecule has 0 aliphatic carbocycles. The molecule has 1 amide bonds. The van der Waals surface area contributed by atoms with Crippen LogP contribution in [0.3, 0.4) is 0 Å². The van der Waals surface area contributed by atoms with Gasteiger partial charge in [-0.05, 0) is 53.2 Å². The van der Waals surface area contributed by atoms with Crippen molar-refractivity contribution in [1.29, 1.82) is 0 Å². The van der Waals surface area contributed by atoms with Gasteiger partial charge in [0.05, 0.1) is 4.70 Å². The highest BCUT2D eigenvalue weighted by atomic mass is 32.1. The molecule has 29 heavy (non-hydrogen) atoms. The monoisotopic (exact) mass is 406 g/mol. The van der Waals surface area contributed by atoms with Gasteiger partial charge in [0.2, 0.25) is 5.91 Å². The van der Waals surface area contributed by atoms with E-state index in [1.807, 2.05) is 0 Å². The molecule has 3 heterocycles. The number of anilines is 2. The van der Waals surface area contributed by atoms with Gasteiger partial charge in [-0.2, -0.15) is 4.37 Å². The van der Waals surface area contributed by atoms with Gasteiger partial charge in [0.15, 0.2) is 0 Å². The van der Waals surface area contributed by atoms with E-state index in [0.717, 1.165) is 50.6 Å². The Hall–Kier alpha value is -2.44. The van der Waals surface area contributed by atoms with Gasteiger partial charge in [-0.25, -0.2) is 0 Å². The first-order valence-electron chi connectivity index (χ1n) is 10.4. The second kappa shape index (κ2) is 7.76. The van der Waals surface area contributed by atoms with E-state index in [1.165, 1.54) is 21.2 Å².